The summed E-state index contributed by atoms with van der Waals surface area (Å²) in [7, 11) is 4.63. The molecule has 8 N–H and O–H groups in total. The maximum Gasteiger partial charge on any atom is 0.312 e. The van der Waals surface area contributed by atoms with Gasteiger partial charge in [-0.3, -0.25) is 29.0 Å². The van der Waals surface area contributed by atoms with Gasteiger partial charge in [-0.25, -0.2) is 4.79 Å². The van der Waals surface area contributed by atoms with Crippen molar-refractivity contribution in [3.8, 4) is 23.0 Å². The number of methoxy groups -OCH3 is 2. The summed E-state index contributed by atoms with van der Waals surface area (Å²) in [5.41, 5.74) is 18.6. The van der Waals surface area contributed by atoms with E-state index in [9.17, 15) is 28.8 Å². The van der Waals surface area contributed by atoms with Crippen molar-refractivity contribution in [1.82, 2.24) is 25.4 Å². The minimum atomic E-state index is -0.975. The largest absolute Gasteiger partial charge is 0.493 e. The Balaban J connectivity index is 0.864. The molecule has 1 aromatic heterocycles. The molecule has 75 heavy (non-hydrogen) atoms. The predicted octanol–water partition coefficient (Wildman–Crippen LogP) is 4.65. The van der Waals surface area contributed by atoms with Gasteiger partial charge in [0, 0.05) is 57.5 Å². The van der Waals surface area contributed by atoms with Crippen molar-refractivity contribution in [3.05, 3.63) is 130 Å². The van der Waals surface area contributed by atoms with Crippen LogP contribution in [-0.4, -0.2) is 109 Å². The minimum Gasteiger partial charge on any atom is -0.493 e. The van der Waals surface area contributed by atoms with Gasteiger partial charge < -0.3 is 66.4 Å². The fourth-order valence-electron chi connectivity index (χ4n) is 9.99. The van der Waals surface area contributed by atoms with Crippen LogP contribution in [0.25, 0.3) is 0 Å². The van der Waals surface area contributed by atoms with Gasteiger partial charge in [0.1, 0.15) is 25.3 Å². The number of primary amides is 1. The number of carbonyl (C=O) groups excluding carboxylic acids is 6. The van der Waals surface area contributed by atoms with E-state index in [-0.39, 0.29) is 80.0 Å². The molecule has 0 saturated heterocycles. The summed E-state index contributed by atoms with van der Waals surface area (Å²) in [5.74, 6) is -0.486. The Morgan fingerprint density at radius 1 is 0.760 bits per heavy atom. The van der Waals surface area contributed by atoms with E-state index in [1.807, 2.05) is 41.3 Å². The Labute approximate surface area is 434 Å². The van der Waals surface area contributed by atoms with Crippen LogP contribution in [0.1, 0.15) is 81.0 Å². The molecular weight excluding hydrogens is 961 g/mol. The van der Waals surface area contributed by atoms with Gasteiger partial charge in [0.05, 0.1) is 60.2 Å². The van der Waals surface area contributed by atoms with Crippen LogP contribution >= 0.6 is 0 Å². The summed E-state index contributed by atoms with van der Waals surface area (Å²) in [5, 5.41) is 11.6. The monoisotopic (exact) mass is 1020 g/mol. The third-order valence-electron chi connectivity index (χ3n) is 14.3. The summed E-state index contributed by atoms with van der Waals surface area (Å²) >= 11 is 0. The number of nitrogens with two attached hydrogens (primary N) is 2. The van der Waals surface area contributed by atoms with Crippen molar-refractivity contribution in [2.24, 2.45) is 17.4 Å². The van der Waals surface area contributed by atoms with Crippen LogP contribution in [0, 0.1) is 5.92 Å². The first-order chi connectivity index (χ1) is 36.1. The number of nitrogens with zero attached hydrogens (tertiary/aromatic N) is 4. The van der Waals surface area contributed by atoms with Crippen LogP contribution in [0.2, 0.25) is 0 Å². The van der Waals surface area contributed by atoms with Crippen LogP contribution in [-0.2, 0) is 53.5 Å². The number of carbonyl (C=O) groups is 6. The van der Waals surface area contributed by atoms with E-state index >= 15 is 0 Å². The molecule has 4 aliphatic rings. The highest BCUT2D eigenvalue weighted by Gasteiger charge is 2.42. The third kappa shape index (κ3) is 11.0. The standard InChI is InChI=1S/C55H62N10O10/c1-30(2)49(56)51(67)62-41(14-9-17-58-55(57)71)50(66)61-35-16-15-32-20-44-54(70)63(3)43-24-48(46(73-5)22-40(43)53(69)65(44)27-34(32)18-35)75-29-37-13-8-12-36(60-37)28-74-47-23-42-39(21-45(47)72-4)52(68)64-26-33-11-7-6-10-31(33)19-38(64)25-59-42/h6-8,10-13,15-16,18,21-24,30,38,41,44,49,59H,9,14,17,19-20,25-29,56H2,1-5H3,(H,61,66)(H,62,67)(H3,57,58,71)/t38-,41-,44?,49-/m0/s1. The minimum absolute atomic E-state index is 0.000193. The highest BCUT2D eigenvalue weighted by atomic mass is 16.5. The second-order valence-corrected chi connectivity index (χ2v) is 19.5. The maximum atomic E-state index is 14.5. The SMILES string of the molecule is COc1cc2c(cc1OCc1cccc(COc3cc4c(cc3OC)C(=O)N3Cc5cc(NC(=O)[C@H](CCCNC(N)=O)NC(=O)[C@@H](N)C(C)C)ccc5CC3C(=O)N4C)n1)NC[C@@H]1Cc3ccccc3CN1C2=O. The van der Waals surface area contributed by atoms with Crippen molar-refractivity contribution < 1.29 is 47.7 Å². The van der Waals surface area contributed by atoms with Crippen molar-refractivity contribution in [2.75, 3.05) is 49.9 Å². The van der Waals surface area contributed by atoms with Gasteiger partial charge in [0.25, 0.3) is 11.8 Å². The zero-order valence-electron chi connectivity index (χ0n) is 42.6. The average molecular weight is 1020 g/mol. The second kappa shape index (κ2) is 22.0. The topological polar surface area (TPSA) is 262 Å². The summed E-state index contributed by atoms with van der Waals surface area (Å²) in [6.45, 7) is 5.10. The second-order valence-electron chi connectivity index (χ2n) is 19.5. The van der Waals surface area contributed by atoms with E-state index < -0.39 is 41.9 Å². The number of ether oxygens (including phenoxy) is 4. The van der Waals surface area contributed by atoms with Crippen LogP contribution in [0.15, 0.2) is 84.9 Å². The lowest BCUT2D eigenvalue weighted by atomic mass is 9.92. The van der Waals surface area contributed by atoms with E-state index in [0.717, 1.165) is 23.1 Å². The average Bonchev–Trinajstić information content (AvgIpc) is 3.58. The number of amides is 7. The molecule has 20 heteroatoms. The lowest BCUT2D eigenvalue weighted by Crippen LogP contribution is -2.51. The van der Waals surface area contributed by atoms with Crippen LogP contribution in [0.5, 0.6) is 23.0 Å². The molecule has 0 bridgehead atoms. The molecule has 0 spiro atoms. The molecule has 20 nitrogen and oxygen atoms in total. The van der Waals surface area contributed by atoms with Gasteiger partial charge in [-0.15, -0.1) is 0 Å². The number of fused-ring (bicyclic) bond motifs is 6. The third-order valence-corrected chi connectivity index (χ3v) is 14.3. The summed E-state index contributed by atoms with van der Waals surface area (Å²) in [4.78, 5) is 90.3. The molecule has 0 aliphatic carbocycles. The first-order valence-corrected chi connectivity index (χ1v) is 25.0. The molecule has 9 rings (SSSR count). The molecule has 0 saturated carbocycles. The van der Waals surface area contributed by atoms with E-state index in [0.29, 0.717) is 65.0 Å². The van der Waals surface area contributed by atoms with Crippen LogP contribution in [0.3, 0.4) is 0 Å². The number of likely N-dealkylation sites (N-methyl/N-ethyl adjacent to an activating group) is 1. The molecular formula is C55H62N10O10. The Morgan fingerprint density at radius 3 is 2.11 bits per heavy atom. The molecule has 7 amide bonds. The molecule has 0 fully saturated rings. The fraction of sp³-hybridized carbons (Fsp3) is 0.364. The van der Waals surface area contributed by atoms with E-state index in [2.05, 4.69) is 33.4 Å². The van der Waals surface area contributed by atoms with Gasteiger partial charge in [-0.2, -0.15) is 0 Å². The quantitative estimate of drug-likeness (QED) is 0.0695. The van der Waals surface area contributed by atoms with E-state index in [1.165, 1.54) is 29.6 Å². The first kappa shape index (κ1) is 51.5. The Morgan fingerprint density at radius 2 is 1.41 bits per heavy atom. The normalized spacial score (nSPS) is 17.3. The molecule has 1 unspecified atom stereocenters. The maximum absolute atomic E-state index is 14.5. The summed E-state index contributed by atoms with van der Waals surface area (Å²) < 4.78 is 24.1. The van der Waals surface area contributed by atoms with Crippen molar-refractivity contribution >= 4 is 52.6 Å². The van der Waals surface area contributed by atoms with Gasteiger partial charge in [0.2, 0.25) is 17.7 Å². The fourth-order valence-corrected chi connectivity index (χ4v) is 9.99. The Kier molecular flexibility index (Phi) is 15.1. The Hall–Kier alpha value is -8.39. The van der Waals surface area contributed by atoms with Crippen LogP contribution < -0.4 is 56.6 Å². The molecule has 392 valence electrons. The molecule has 4 atom stereocenters. The zero-order chi connectivity index (χ0) is 53.1. The highest BCUT2D eigenvalue weighted by molar-refractivity contribution is 6.11. The first-order valence-electron chi connectivity index (χ1n) is 25.0. The van der Waals surface area contributed by atoms with Gasteiger partial charge >= 0.3 is 6.03 Å². The molecule has 4 aromatic carbocycles. The number of aromatic nitrogens is 1. The summed E-state index contributed by atoms with van der Waals surface area (Å²) in [6, 6.07) is 22.4. The molecule has 0 radical (unpaired) electrons. The van der Waals surface area contributed by atoms with Gasteiger partial charge in [-0.05, 0) is 83.8 Å². The Bertz CT molecular complexity index is 3060. The predicted molar refractivity (Wildman–Crippen MR) is 279 cm³/mol. The van der Waals surface area contributed by atoms with Crippen molar-refractivity contribution in [3.63, 3.8) is 0 Å². The van der Waals surface area contributed by atoms with Crippen molar-refractivity contribution in [2.45, 2.75) is 90.0 Å². The van der Waals surface area contributed by atoms with E-state index in [1.54, 1.807) is 57.3 Å². The zero-order valence-corrected chi connectivity index (χ0v) is 42.6. The number of benzene rings is 4. The number of hydrogen-bond donors (Lipinski definition) is 6. The molecule has 5 aromatic rings. The number of hydrogen-bond acceptors (Lipinski definition) is 13. The number of anilines is 3. The molecule has 5 heterocycles. The van der Waals surface area contributed by atoms with Crippen molar-refractivity contribution in [1.29, 1.82) is 0 Å². The number of nitrogens with one attached hydrogen (secondary N) is 4. The van der Waals surface area contributed by atoms with Crippen LogP contribution in [0.4, 0.5) is 21.9 Å². The molecule has 4 aliphatic heterocycles. The van der Waals surface area contributed by atoms with Gasteiger partial charge in [-0.1, -0.05) is 50.2 Å². The number of pyridine rings is 1. The summed E-state index contributed by atoms with van der Waals surface area (Å²) in [6.07, 6.45) is 1.53. The number of urea groups is 1. The van der Waals surface area contributed by atoms with E-state index in [4.69, 9.17) is 35.4 Å². The van der Waals surface area contributed by atoms with Gasteiger partial charge in [0.15, 0.2) is 23.0 Å². The lowest BCUT2D eigenvalue weighted by Gasteiger charge is -2.35. The highest BCUT2D eigenvalue weighted by Crippen LogP contribution is 2.41. The smallest absolute Gasteiger partial charge is 0.312 e. The number of rotatable bonds is 17. The lowest BCUT2D eigenvalue weighted by molar-refractivity contribution is -0.128.